The maximum Gasteiger partial charge on any atom is 0.0125 e. The standard InChI is InChI=1S/C34H30P2/c1-5-15-27(16-6-1)35(28-17-7-2-8-18-28)33-25-26-34(32-24-14-13-23-31(32)33)36(29-19-9-3-10-20-29)30-21-11-4-12-22-30/h1-24,33-34H,25-26H2. The van der Waals surface area contributed by atoms with Crippen LogP contribution in [0.25, 0.3) is 0 Å². The summed E-state index contributed by atoms with van der Waals surface area (Å²) in [4.78, 5) is 0. The molecule has 0 bridgehead atoms. The first-order valence-corrected chi connectivity index (χ1v) is 15.6. The molecule has 0 spiro atoms. The largest absolute Gasteiger partial charge is 0.0622 e. The average Bonchev–Trinajstić information content (AvgIpc) is 2.97. The molecule has 0 amide bonds. The van der Waals surface area contributed by atoms with Crippen molar-refractivity contribution in [1.82, 2.24) is 0 Å². The van der Waals surface area contributed by atoms with Crippen LogP contribution in [0.15, 0.2) is 146 Å². The zero-order chi connectivity index (χ0) is 24.2. The van der Waals surface area contributed by atoms with Gasteiger partial charge >= 0.3 is 0 Å². The predicted molar refractivity (Wildman–Crippen MR) is 159 cm³/mol. The van der Waals surface area contributed by atoms with E-state index in [2.05, 4.69) is 146 Å². The Balaban J connectivity index is 1.47. The van der Waals surface area contributed by atoms with E-state index in [1.807, 2.05) is 0 Å². The first-order valence-electron chi connectivity index (χ1n) is 12.8. The lowest BCUT2D eigenvalue weighted by atomic mass is 9.91. The summed E-state index contributed by atoms with van der Waals surface area (Å²) in [6.07, 6.45) is 2.44. The van der Waals surface area contributed by atoms with Gasteiger partial charge in [-0.3, -0.25) is 0 Å². The molecule has 2 atom stereocenters. The Labute approximate surface area is 217 Å². The third-order valence-electron chi connectivity index (χ3n) is 7.19. The Hall–Kier alpha value is -3.04. The highest BCUT2D eigenvalue weighted by atomic mass is 31.1. The van der Waals surface area contributed by atoms with Gasteiger partial charge in [-0.25, -0.2) is 0 Å². The van der Waals surface area contributed by atoms with Gasteiger partial charge < -0.3 is 0 Å². The van der Waals surface area contributed by atoms with Crippen molar-refractivity contribution in [1.29, 1.82) is 0 Å². The van der Waals surface area contributed by atoms with Gasteiger partial charge in [0.15, 0.2) is 0 Å². The summed E-state index contributed by atoms with van der Waals surface area (Å²) in [5.74, 6) is 0. The van der Waals surface area contributed by atoms with Crippen molar-refractivity contribution in [2.24, 2.45) is 0 Å². The summed E-state index contributed by atoms with van der Waals surface area (Å²) in [5, 5.41) is 5.91. The fourth-order valence-electron chi connectivity index (χ4n) is 5.65. The van der Waals surface area contributed by atoms with Gasteiger partial charge in [-0.1, -0.05) is 146 Å². The number of rotatable bonds is 6. The molecule has 0 fully saturated rings. The lowest BCUT2D eigenvalue weighted by Crippen LogP contribution is -2.24. The molecule has 36 heavy (non-hydrogen) atoms. The first-order chi connectivity index (χ1) is 17.9. The third-order valence-corrected chi connectivity index (χ3v) is 12.9. The van der Waals surface area contributed by atoms with Gasteiger partial charge in [-0.2, -0.15) is 0 Å². The fraction of sp³-hybridized carbons (Fsp3) is 0.118. The molecule has 0 nitrogen and oxygen atoms in total. The van der Waals surface area contributed by atoms with Gasteiger partial charge in [0, 0.05) is 11.3 Å². The zero-order valence-corrected chi connectivity index (χ0v) is 22.1. The minimum atomic E-state index is -0.495. The van der Waals surface area contributed by atoms with Gasteiger partial charge in [0.1, 0.15) is 0 Å². The van der Waals surface area contributed by atoms with Crippen LogP contribution in [0.2, 0.25) is 0 Å². The Bertz CT molecular complexity index is 1200. The van der Waals surface area contributed by atoms with Crippen molar-refractivity contribution < 1.29 is 0 Å². The monoisotopic (exact) mass is 500 g/mol. The predicted octanol–water partition coefficient (Wildman–Crippen LogP) is 7.83. The van der Waals surface area contributed by atoms with Crippen molar-refractivity contribution in [3.8, 4) is 0 Å². The molecule has 5 aromatic carbocycles. The van der Waals surface area contributed by atoms with Crippen molar-refractivity contribution in [3.63, 3.8) is 0 Å². The zero-order valence-electron chi connectivity index (χ0n) is 20.3. The molecule has 0 aromatic heterocycles. The first kappa shape index (κ1) is 23.4. The Morgan fingerprint density at radius 1 is 0.333 bits per heavy atom. The Morgan fingerprint density at radius 3 is 0.861 bits per heavy atom. The van der Waals surface area contributed by atoms with Crippen molar-refractivity contribution >= 4 is 37.1 Å². The highest BCUT2D eigenvalue weighted by molar-refractivity contribution is 7.74. The Morgan fingerprint density at radius 2 is 0.583 bits per heavy atom. The van der Waals surface area contributed by atoms with Crippen LogP contribution in [0.3, 0.4) is 0 Å². The van der Waals surface area contributed by atoms with Crippen LogP contribution < -0.4 is 21.2 Å². The number of benzene rings is 5. The van der Waals surface area contributed by atoms with Crippen LogP contribution >= 0.6 is 15.8 Å². The highest BCUT2D eigenvalue weighted by Gasteiger charge is 2.37. The van der Waals surface area contributed by atoms with E-state index in [0.29, 0.717) is 11.3 Å². The number of fused-ring (bicyclic) bond motifs is 1. The molecule has 0 heterocycles. The van der Waals surface area contributed by atoms with E-state index in [1.54, 1.807) is 11.1 Å². The van der Waals surface area contributed by atoms with E-state index < -0.39 is 15.8 Å². The van der Waals surface area contributed by atoms with Gasteiger partial charge in [0.2, 0.25) is 0 Å². The van der Waals surface area contributed by atoms with Crippen LogP contribution in [-0.2, 0) is 0 Å². The van der Waals surface area contributed by atoms with Crippen molar-refractivity contribution in [2.75, 3.05) is 0 Å². The van der Waals surface area contributed by atoms with Crippen LogP contribution in [0.5, 0.6) is 0 Å². The maximum atomic E-state index is 2.43. The third kappa shape index (κ3) is 4.69. The second-order valence-electron chi connectivity index (χ2n) is 9.32. The summed E-state index contributed by atoms with van der Waals surface area (Å²) in [6, 6.07) is 54.3. The van der Waals surface area contributed by atoms with Gasteiger partial charge in [0.25, 0.3) is 0 Å². The maximum absolute atomic E-state index is 2.43. The highest BCUT2D eigenvalue weighted by Crippen LogP contribution is 2.62. The molecule has 1 aliphatic carbocycles. The molecule has 2 unspecified atom stereocenters. The van der Waals surface area contributed by atoms with Gasteiger partial charge in [-0.05, 0) is 61.0 Å². The molecule has 0 aliphatic heterocycles. The van der Waals surface area contributed by atoms with Crippen LogP contribution in [0, 0.1) is 0 Å². The van der Waals surface area contributed by atoms with Gasteiger partial charge in [0.05, 0.1) is 0 Å². The summed E-state index contributed by atoms with van der Waals surface area (Å²) in [6.45, 7) is 0. The van der Waals surface area contributed by atoms with Crippen LogP contribution in [0.1, 0.15) is 35.3 Å². The molecule has 176 valence electrons. The second kappa shape index (κ2) is 10.9. The summed E-state index contributed by atoms with van der Waals surface area (Å²) in [5.41, 5.74) is 4.18. The molecular weight excluding hydrogens is 470 g/mol. The summed E-state index contributed by atoms with van der Waals surface area (Å²) in [7, 11) is -0.991. The molecule has 0 radical (unpaired) electrons. The molecule has 0 saturated carbocycles. The van der Waals surface area contributed by atoms with E-state index in [1.165, 1.54) is 34.1 Å². The van der Waals surface area contributed by atoms with E-state index in [4.69, 9.17) is 0 Å². The van der Waals surface area contributed by atoms with E-state index in [-0.39, 0.29) is 0 Å². The molecule has 6 rings (SSSR count). The Kier molecular flexibility index (Phi) is 7.09. The van der Waals surface area contributed by atoms with E-state index in [9.17, 15) is 0 Å². The van der Waals surface area contributed by atoms with Crippen molar-refractivity contribution in [3.05, 3.63) is 157 Å². The minimum Gasteiger partial charge on any atom is -0.0622 e. The SMILES string of the molecule is c1ccc(P(c2ccccc2)C2CCC(P(c3ccccc3)c3ccccc3)c3ccccc32)cc1. The smallest absolute Gasteiger partial charge is 0.0125 e. The molecule has 2 heteroatoms. The number of hydrogen-bond acceptors (Lipinski definition) is 0. The van der Waals surface area contributed by atoms with Crippen LogP contribution in [-0.4, -0.2) is 0 Å². The van der Waals surface area contributed by atoms with Gasteiger partial charge in [-0.15, -0.1) is 0 Å². The molecule has 1 aliphatic rings. The van der Waals surface area contributed by atoms with Crippen molar-refractivity contribution in [2.45, 2.75) is 24.2 Å². The summed E-state index contributed by atoms with van der Waals surface area (Å²) >= 11 is 0. The lowest BCUT2D eigenvalue weighted by molar-refractivity contribution is 0.655. The van der Waals surface area contributed by atoms with E-state index in [0.717, 1.165) is 0 Å². The molecule has 5 aromatic rings. The minimum absolute atomic E-state index is 0.495. The second-order valence-corrected chi connectivity index (χ2v) is 14.1. The quantitative estimate of drug-likeness (QED) is 0.209. The number of hydrogen-bond donors (Lipinski definition) is 0. The van der Waals surface area contributed by atoms with Crippen LogP contribution in [0.4, 0.5) is 0 Å². The molecule has 0 N–H and O–H groups in total. The normalized spacial score (nSPS) is 17.2. The van der Waals surface area contributed by atoms with E-state index >= 15 is 0 Å². The molecule has 0 saturated heterocycles. The average molecular weight is 501 g/mol. The lowest BCUT2D eigenvalue weighted by Gasteiger charge is -2.40. The topological polar surface area (TPSA) is 0 Å². The summed E-state index contributed by atoms with van der Waals surface area (Å²) < 4.78 is 0. The molecular formula is C34H30P2. The fourth-order valence-corrected chi connectivity index (χ4v) is 11.5.